The molecular weight excluding hydrogens is 251 g/mol. The van der Waals surface area contributed by atoms with Gasteiger partial charge in [0.2, 0.25) is 0 Å². The molecule has 1 unspecified atom stereocenters. The van der Waals surface area contributed by atoms with E-state index in [9.17, 15) is 4.39 Å². The van der Waals surface area contributed by atoms with Crippen LogP contribution in [0.4, 0.5) is 4.39 Å². The van der Waals surface area contributed by atoms with E-state index in [1.54, 1.807) is 18.3 Å². The van der Waals surface area contributed by atoms with Crippen LogP contribution in [0.3, 0.4) is 0 Å². The van der Waals surface area contributed by atoms with E-state index >= 15 is 0 Å². The fourth-order valence-electron chi connectivity index (χ4n) is 1.80. The Kier molecular flexibility index (Phi) is 4.28. The smallest absolute Gasteiger partial charge is 0.123 e. The van der Waals surface area contributed by atoms with Gasteiger partial charge in [0.25, 0.3) is 0 Å². The summed E-state index contributed by atoms with van der Waals surface area (Å²) in [5, 5.41) is 3.82. The summed E-state index contributed by atoms with van der Waals surface area (Å²) in [6.07, 6.45) is 2.39. The first-order valence-corrected chi connectivity index (χ1v) is 6.10. The van der Waals surface area contributed by atoms with Crippen LogP contribution in [-0.2, 0) is 6.42 Å². The molecule has 0 bridgehead atoms. The molecule has 0 amide bonds. The highest BCUT2D eigenvalue weighted by atomic mass is 35.5. The predicted molar refractivity (Wildman–Crippen MR) is 71.2 cm³/mol. The molecule has 94 valence electrons. The minimum absolute atomic E-state index is 0.0905. The summed E-state index contributed by atoms with van der Waals surface area (Å²) >= 11 is 5.81. The SMILES string of the molecule is CNC(Cc1ccc(F)cc1)c1ccc(Cl)cn1. The normalized spacial score (nSPS) is 12.4. The van der Waals surface area contributed by atoms with Gasteiger partial charge in [-0.15, -0.1) is 0 Å². The minimum Gasteiger partial charge on any atom is -0.311 e. The van der Waals surface area contributed by atoms with Gasteiger partial charge in [0.15, 0.2) is 0 Å². The lowest BCUT2D eigenvalue weighted by Gasteiger charge is -2.15. The highest BCUT2D eigenvalue weighted by molar-refractivity contribution is 6.30. The van der Waals surface area contributed by atoms with Gasteiger partial charge >= 0.3 is 0 Å². The van der Waals surface area contributed by atoms with Crippen molar-refractivity contribution in [2.75, 3.05) is 7.05 Å². The van der Waals surface area contributed by atoms with Crippen molar-refractivity contribution < 1.29 is 4.39 Å². The molecule has 0 aliphatic carbocycles. The van der Waals surface area contributed by atoms with E-state index in [4.69, 9.17) is 11.6 Å². The van der Waals surface area contributed by atoms with E-state index in [1.165, 1.54) is 12.1 Å². The number of halogens is 2. The molecule has 18 heavy (non-hydrogen) atoms. The number of hydrogen-bond acceptors (Lipinski definition) is 2. The van der Waals surface area contributed by atoms with Crippen LogP contribution in [0.15, 0.2) is 42.6 Å². The third-order valence-corrected chi connectivity index (χ3v) is 3.03. The molecule has 2 nitrogen and oxygen atoms in total. The zero-order valence-corrected chi connectivity index (χ0v) is 10.8. The van der Waals surface area contributed by atoms with E-state index in [0.29, 0.717) is 5.02 Å². The molecule has 0 saturated carbocycles. The van der Waals surface area contributed by atoms with Gasteiger partial charge in [-0.25, -0.2) is 4.39 Å². The molecule has 0 saturated heterocycles. The number of hydrogen-bond donors (Lipinski definition) is 1. The second kappa shape index (κ2) is 5.94. The van der Waals surface area contributed by atoms with Crippen LogP contribution in [0, 0.1) is 5.82 Å². The molecule has 2 aromatic rings. The van der Waals surface area contributed by atoms with Crippen molar-refractivity contribution in [3.8, 4) is 0 Å². The number of aromatic nitrogens is 1. The molecule has 1 aromatic heterocycles. The van der Waals surface area contributed by atoms with Crippen LogP contribution in [0.2, 0.25) is 5.02 Å². The first kappa shape index (κ1) is 13.0. The zero-order chi connectivity index (χ0) is 13.0. The number of rotatable bonds is 4. The van der Waals surface area contributed by atoms with E-state index in [2.05, 4.69) is 10.3 Å². The van der Waals surface area contributed by atoms with Crippen molar-refractivity contribution in [2.24, 2.45) is 0 Å². The van der Waals surface area contributed by atoms with Crippen LogP contribution in [0.1, 0.15) is 17.3 Å². The molecule has 0 spiro atoms. The molecule has 0 aliphatic rings. The third-order valence-electron chi connectivity index (χ3n) is 2.81. The lowest BCUT2D eigenvalue weighted by atomic mass is 10.0. The Labute approximate surface area is 111 Å². The first-order chi connectivity index (χ1) is 8.69. The lowest BCUT2D eigenvalue weighted by Crippen LogP contribution is -2.19. The minimum atomic E-state index is -0.218. The lowest BCUT2D eigenvalue weighted by molar-refractivity contribution is 0.574. The van der Waals surface area contributed by atoms with Crippen LogP contribution < -0.4 is 5.32 Å². The van der Waals surface area contributed by atoms with Crippen LogP contribution in [-0.4, -0.2) is 12.0 Å². The van der Waals surface area contributed by atoms with Gasteiger partial charge in [0, 0.05) is 6.20 Å². The van der Waals surface area contributed by atoms with Gasteiger partial charge in [0.1, 0.15) is 5.82 Å². The Bertz CT molecular complexity index is 496. The Morgan fingerprint density at radius 2 is 1.94 bits per heavy atom. The molecule has 1 N–H and O–H groups in total. The molecule has 1 aromatic carbocycles. The molecule has 4 heteroatoms. The third kappa shape index (κ3) is 3.28. The number of nitrogens with one attached hydrogen (secondary N) is 1. The molecule has 1 heterocycles. The summed E-state index contributed by atoms with van der Waals surface area (Å²) in [5.41, 5.74) is 1.98. The Morgan fingerprint density at radius 3 is 2.50 bits per heavy atom. The second-order valence-electron chi connectivity index (χ2n) is 4.07. The summed E-state index contributed by atoms with van der Waals surface area (Å²) in [7, 11) is 1.88. The van der Waals surface area contributed by atoms with E-state index in [-0.39, 0.29) is 11.9 Å². The average Bonchev–Trinajstić information content (AvgIpc) is 2.39. The van der Waals surface area contributed by atoms with Gasteiger partial charge in [-0.3, -0.25) is 4.98 Å². The summed E-state index contributed by atoms with van der Waals surface area (Å²) in [6, 6.07) is 10.3. The first-order valence-electron chi connectivity index (χ1n) is 5.72. The molecule has 0 radical (unpaired) electrons. The highest BCUT2D eigenvalue weighted by Gasteiger charge is 2.11. The maximum absolute atomic E-state index is 12.8. The Morgan fingerprint density at radius 1 is 1.22 bits per heavy atom. The summed E-state index contributed by atoms with van der Waals surface area (Å²) < 4.78 is 12.8. The van der Waals surface area contributed by atoms with Gasteiger partial charge in [-0.2, -0.15) is 0 Å². The molecule has 1 atom stereocenters. The topological polar surface area (TPSA) is 24.9 Å². The fraction of sp³-hybridized carbons (Fsp3) is 0.214. The van der Waals surface area contributed by atoms with Gasteiger partial charge in [-0.05, 0) is 43.3 Å². The largest absolute Gasteiger partial charge is 0.311 e. The zero-order valence-electron chi connectivity index (χ0n) is 10.0. The fourth-order valence-corrected chi connectivity index (χ4v) is 1.92. The molecule has 2 rings (SSSR count). The van der Waals surface area contributed by atoms with Crippen molar-refractivity contribution in [3.63, 3.8) is 0 Å². The second-order valence-corrected chi connectivity index (χ2v) is 4.51. The highest BCUT2D eigenvalue weighted by Crippen LogP contribution is 2.18. The van der Waals surface area contributed by atoms with Crippen LogP contribution >= 0.6 is 11.6 Å². The van der Waals surface area contributed by atoms with Crippen molar-refractivity contribution in [2.45, 2.75) is 12.5 Å². The molecular formula is C14H14ClFN2. The van der Waals surface area contributed by atoms with E-state index in [0.717, 1.165) is 17.7 Å². The summed E-state index contributed by atoms with van der Waals surface area (Å²) in [4.78, 5) is 4.29. The summed E-state index contributed by atoms with van der Waals surface area (Å²) in [5.74, 6) is -0.218. The number of benzene rings is 1. The van der Waals surface area contributed by atoms with Crippen molar-refractivity contribution >= 4 is 11.6 Å². The number of pyridine rings is 1. The predicted octanol–water partition coefficient (Wildman–Crippen LogP) is 3.38. The van der Waals surface area contributed by atoms with E-state index in [1.807, 2.05) is 19.2 Å². The Hall–Kier alpha value is -1.45. The van der Waals surface area contributed by atoms with Crippen molar-refractivity contribution in [1.82, 2.24) is 10.3 Å². The average molecular weight is 265 g/mol. The quantitative estimate of drug-likeness (QED) is 0.916. The van der Waals surface area contributed by atoms with E-state index < -0.39 is 0 Å². The maximum Gasteiger partial charge on any atom is 0.123 e. The summed E-state index contributed by atoms with van der Waals surface area (Å²) in [6.45, 7) is 0. The van der Waals surface area contributed by atoms with Crippen LogP contribution in [0.5, 0.6) is 0 Å². The Balaban J connectivity index is 2.14. The molecule has 0 fully saturated rings. The van der Waals surface area contributed by atoms with Crippen LogP contribution in [0.25, 0.3) is 0 Å². The van der Waals surface area contributed by atoms with Crippen molar-refractivity contribution in [3.05, 3.63) is 64.7 Å². The van der Waals surface area contributed by atoms with Gasteiger partial charge in [-0.1, -0.05) is 23.7 Å². The maximum atomic E-state index is 12.8. The monoisotopic (exact) mass is 264 g/mol. The molecule has 0 aliphatic heterocycles. The number of nitrogens with zero attached hydrogens (tertiary/aromatic N) is 1. The number of likely N-dealkylation sites (N-methyl/N-ethyl adjacent to an activating group) is 1. The van der Waals surface area contributed by atoms with Gasteiger partial charge in [0.05, 0.1) is 16.8 Å². The van der Waals surface area contributed by atoms with Gasteiger partial charge < -0.3 is 5.32 Å². The standard InChI is InChI=1S/C14H14ClFN2/c1-17-14(13-7-4-11(15)9-18-13)8-10-2-5-12(16)6-3-10/h2-7,9,14,17H,8H2,1H3. The van der Waals surface area contributed by atoms with Crippen molar-refractivity contribution in [1.29, 1.82) is 0 Å².